The van der Waals surface area contributed by atoms with Crippen molar-refractivity contribution in [3.63, 3.8) is 0 Å². The van der Waals surface area contributed by atoms with E-state index in [1.165, 1.54) is 0 Å². The van der Waals surface area contributed by atoms with Gasteiger partial charge in [-0.2, -0.15) is 0 Å². The molecule has 0 aliphatic heterocycles. The summed E-state index contributed by atoms with van der Waals surface area (Å²) < 4.78 is 0. The van der Waals surface area contributed by atoms with Gasteiger partial charge in [-0.05, 0) is 18.0 Å². The average Bonchev–Trinajstić information content (AvgIpc) is 2.38. The summed E-state index contributed by atoms with van der Waals surface area (Å²) in [6, 6.07) is 0. The number of hydrogen-bond acceptors (Lipinski definition) is 1. The summed E-state index contributed by atoms with van der Waals surface area (Å²) in [6.45, 7) is 1.79. The number of rotatable bonds is 1. The van der Waals surface area contributed by atoms with Crippen molar-refractivity contribution in [3.05, 3.63) is 46.0 Å². The van der Waals surface area contributed by atoms with Crippen LogP contribution in [-0.4, -0.2) is 0 Å². The fourth-order valence-electron chi connectivity index (χ4n) is 0.740. The number of azide groups is 1. The van der Waals surface area contributed by atoms with E-state index in [2.05, 4.69) is 10.0 Å². The maximum absolute atomic E-state index is 8.07. The van der Waals surface area contributed by atoms with Gasteiger partial charge >= 0.3 is 0 Å². The van der Waals surface area contributed by atoms with Crippen LogP contribution in [0.15, 0.2) is 40.7 Å². The van der Waals surface area contributed by atoms with E-state index in [1.54, 1.807) is 6.92 Å². The minimum atomic E-state index is 0.715. The number of nitrogens with zero attached hydrogens (tertiary/aromatic N) is 3. The Balaban J connectivity index is 2.95. The van der Waals surface area contributed by atoms with E-state index >= 15 is 0 Å². The number of hydrogen-bond donors (Lipinski definition) is 0. The maximum Gasteiger partial charge on any atom is 0.0192 e. The third-order valence-electron chi connectivity index (χ3n) is 1.28. The van der Waals surface area contributed by atoms with Crippen LogP contribution in [-0.2, 0) is 0 Å². The van der Waals surface area contributed by atoms with Gasteiger partial charge in [0.1, 0.15) is 0 Å². The van der Waals surface area contributed by atoms with E-state index < -0.39 is 0 Å². The van der Waals surface area contributed by atoms with Crippen LogP contribution in [0.2, 0.25) is 0 Å². The molecule has 0 bridgehead atoms. The van der Waals surface area contributed by atoms with Crippen LogP contribution < -0.4 is 0 Å². The smallest absolute Gasteiger partial charge is 0.0192 e. The summed E-state index contributed by atoms with van der Waals surface area (Å²) >= 11 is 0. The fraction of sp³-hybridized carbons (Fsp3) is 0.143. The largest absolute Gasteiger partial charge is 0.0648 e. The first-order valence-corrected chi connectivity index (χ1v) is 2.95. The van der Waals surface area contributed by atoms with Crippen molar-refractivity contribution < 1.29 is 0 Å². The Hall–Kier alpha value is -1.47. The van der Waals surface area contributed by atoms with Crippen LogP contribution in [0.25, 0.3) is 10.4 Å². The predicted octanol–water partition coefficient (Wildman–Crippen LogP) is 2.70. The summed E-state index contributed by atoms with van der Waals surface area (Å²) in [5.74, 6) is 0. The van der Waals surface area contributed by atoms with E-state index in [-0.39, 0.29) is 0 Å². The zero-order valence-corrected chi connectivity index (χ0v) is 5.65. The molecule has 1 aliphatic carbocycles. The van der Waals surface area contributed by atoms with Gasteiger partial charge in [-0.3, -0.25) is 0 Å². The van der Waals surface area contributed by atoms with Crippen LogP contribution in [0, 0.1) is 0 Å². The third-order valence-corrected chi connectivity index (χ3v) is 1.28. The molecule has 0 fully saturated rings. The lowest BCUT2D eigenvalue weighted by molar-refractivity contribution is 1.25. The van der Waals surface area contributed by atoms with Gasteiger partial charge in [0.25, 0.3) is 0 Å². The molecule has 1 rings (SSSR count). The number of allylic oxidation sites excluding steroid dienone is 6. The molecular formula is C7H7N3. The Morgan fingerprint density at radius 1 is 1.50 bits per heavy atom. The minimum Gasteiger partial charge on any atom is -0.0648 e. The highest BCUT2D eigenvalue weighted by Gasteiger charge is 1.94. The van der Waals surface area contributed by atoms with E-state index in [0.717, 1.165) is 5.57 Å². The van der Waals surface area contributed by atoms with Crippen molar-refractivity contribution >= 4 is 0 Å². The van der Waals surface area contributed by atoms with E-state index in [9.17, 15) is 0 Å². The van der Waals surface area contributed by atoms with Crippen molar-refractivity contribution in [1.29, 1.82) is 0 Å². The Morgan fingerprint density at radius 2 is 2.10 bits per heavy atom. The third kappa shape index (κ3) is 1.27. The first kappa shape index (κ1) is 6.65. The molecule has 0 spiro atoms. The zero-order chi connectivity index (χ0) is 7.40. The topological polar surface area (TPSA) is 48.8 Å². The van der Waals surface area contributed by atoms with Gasteiger partial charge in [0.05, 0.1) is 0 Å². The van der Waals surface area contributed by atoms with Crippen LogP contribution in [0.1, 0.15) is 6.92 Å². The highest BCUT2D eigenvalue weighted by atomic mass is 15.1. The Bertz CT molecular complexity index is 251. The second-order valence-corrected chi connectivity index (χ2v) is 1.95. The summed E-state index contributed by atoms with van der Waals surface area (Å²) in [5.41, 5.74) is 9.77. The quantitative estimate of drug-likeness (QED) is 0.300. The second-order valence-electron chi connectivity index (χ2n) is 1.95. The maximum atomic E-state index is 8.07. The molecule has 0 aromatic rings. The van der Waals surface area contributed by atoms with Gasteiger partial charge in [0.15, 0.2) is 0 Å². The first-order chi connectivity index (χ1) is 4.84. The van der Waals surface area contributed by atoms with Crippen molar-refractivity contribution in [1.82, 2.24) is 0 Å². The second kappa shape index (κ2) is 2.90. The monoisotopic (exact) mass is 133 g/mol. The minimum absolute atomic E-state index is 0.715. The molecule has 0 atom stereocenters. The van der Waals surface area contributed by atoms with Crippen LogP contribution in [0.4, 0.5) is 0 Å². The van der Waals surface area contributed by atoms with E-state index in [4.69, 9.17) is 5.53 Å². The van der Waals surface area contributed by atoms with Crippen molar-refractivity contribution in [2.45, 2.75) is 6.92 Å². The summed E-state index contributed by atoms with van der Waals surface area (Å²) in [4.78, 5) is 2.68. The lowest BCUT2D eigenvalue weighted by atomic mass is 10.2. The van der Waals surface area contributed by atoms with Crippen molar-refractivity contribution in [3.8, 4) is 0 Å². The molecule has 50 valence electrons. The first-order valence-electron chi connectivity index (χ1n) is 2.95. The molecule has 0 aromatic heterocycles. The van der Waals surface area contributed by atoms with Gasteiger partial charge < -0.3 is 0 Å². The molecule has 0 saturated heterocycles. The van der Waals surface area contributed by atoms with Gasteiger partial charge in [0.2, 0.25) is 0 Å². The summed E-state index contributed by atoms with van der Waals surface area (Å²) in [7, 11) is 0. The molecule has 0 radical (unpaired) electrons. The lowest BCUT2D eigenvalue weighted by Gasteiger charge is -1.90. The highest BCUT2D eigenvalue weighted by Crippen LogP contribution is 2.13. The molecular weight excluding hydrogens is 126 g/mol. The molecule has 3 heteroatoms. The molecule has 3 nitrogen and oxygen atoms in total. The zero-order valence-electron chi connectivity index (χ0n) is 5.65. The predicted molar refractivity (Wildman–Crippen MR) is 40.1 cm³/mol. The van der Waals surface area contributed by atoms with Crippen LogP contribution >= 0.6 is 0 Å². The highest BCUT2D eigenvalue weighted by molar-refractivity contribution is 5.42. The Morgan fingerprint density at radius 3 is 2.60 bits per heavy atom. The van der Waals surface area contributed by atoms with Crippen molar-refractivity contribution in [2.75, 3.05) is 0 Å². The fourth-order valence-corrected chi connectivity index (χ4v) is 0.740. The van der Waals surface area contributed by atoms with Crippen LogP contribution in [0.3, 0.4) is 0 Å². The molecule has 0 amide bonds. The molecule has 0 aromatic carbocycles. The van der Waals surface area contributed by atoms with Crippen molar-refractivity contribution in [2.24, 2.45) is 5.11 Å². The van der Waals surface area contributed by atoms with Gasteiger partial charge in [-0.15, -0.1) is 0 Å². The molecule has 0 heterocycles. The standard InChI is InChI=1S/C7H7N3/c1-6(9-10-8)7-4-2-3-5-7/h2-5H,1H3. The van der Waals surface area contributed by atoms with Gasteiger partial charge in [-0.1, -0.05) is 29.4 Å². The van der Waals surface area contributed by atoms with Crippen LogP contribution in [0.5, 0.6) is 0 Å². The van der Waals surface area contributed by atoms with Gasteiger partial charge in [-0.25, -0.2) is 0 Å². The normalized spacial score (nSPS) is 13.5. The van der Waals surface area contributed by atoms with E-state index in [0.29, 0.717) is 5.70 Å². The average molecular weight is 133 g/mol. The molecule has 0 unspecified atom stereocenters. The SMILES string of the molecule is CC(N=[N+]=[N-])=C1C=CC=C1. The molecule has 0 saturated carbocycles. The van der Waals surface area contributed by atoms with Gasteiger partial charge in [0, 0.05) is 10.6 Å². The molecule has 1 aliphatic rings. The van der Waals surface area contributed by atoms with E-state index in [1.807, 2.05) is 24.3 Å². The Labute approximate surface area is 59.0 Å². The lowest BCUT2D eigenvalue weighted by Crippen LogP contribution is -1.72. The Kier molecular flexibility index (Phi) is 1.92. The molecule has 10 heavy (non-hydrogen) atoms. The summed E-state index contributed by atoms with van der Waals surface area (Å²) in [6.07, 6.45) is 7.63. The summed E-state index contributed by atoms with van der Waals surface area (Å²) in [5, 5.41) is 3.46. The molecule has 0 N–H and O–H groups in total.